The van der Waals surface area contributed by atoms with Crippen LogP contribution in [0.4, 0.5) is 0 Å². The normalized spacial score (nSPS) is 29.2. The second-order valence-corrected chi connectivity index (χ2v) is 10.6. The lowest BCUT2D eigenvalue weighted by Crippen LogP contribution is -2.51. The maximum Gasteiger partial charge on any atom is 0.241 e. The van der Waals surface area contributed by atoms with E-state index in [-0.39, 0.29) is 29.5 Å². The van der Waals surface area contributed by atoms with Gasteiger partial charge in [0.25, 0.3) is 0 Å². The fourth-order valence-electron chi connectivity index (χ4n) is 4.73. The van der Waals surface area contributed by atoms with Crippen molar-refractivity contribution < 1.29 is 13.2 Å². The van der Waals surface area contributed by atoms with Crippen LogP contribution in [0.3, 0.4) is 0 Å². The molecule has 0 aromatic rings. The Morgan fingerprint density at radius 2 is 1.64 bits per heavy atom. The number of nitrogens with zero attached hydrogens (tertiary/aromatic N) is 1. The summed E-state index contributed by atoms with van der Waals surface area (Å²) in [6, 6.07) is 0.840. The van der Waals surface area contributed by atoms with Crippen molar-refractivity contribution in [1.29, 1.82) is 0 Å². The van der Waals surface area contributed by atoms with Crippen LogP contribution in [-0.4, -0.2) is 54.9 Å². The molecule has 3 unspecified atom stereocenters. The first-order chi connectivity index (χ1) is 11.4. The maximum atomic E-state index is 13.2. The molecule has 2 heterocycles. The number of hydrogen-bond acceptors (Lipinski definition) is 4. The molecule has 25 heavy (non-hydrogen) atoms. The number of likely N-dealkylation sites (tertiary alicyclic amines) is 1. The Morgan fingerprint density at radius 1 is 1.00 bits per heavy atom. The minimum atomic E-state index is -3.41. The van der Waals surface area contributed by atoms with Gasteiger partial charge in [0.15, 0.2) is 9.84 Å². The van der Waals surface area contributed by atoms with Crippen LogP contribution in [0.25, 0.3) is 0 Å². The molecule has 7 heteroatoms. The number of nitrogens with one attached hydrogen (secondary N) is 1. The fraction of sp³-hybridized carbons (Fsp3) is 0.944. The van der Waals surface area contributed by atoms with Crippen LogP contribution in [0.2, 0.25) is 0 Å². The zero-order valence-corrected chi connectivity index (χ0v) is 17.1. The molecule has 0 radical (unpaired) electrons. The topological polar surface area (TPSA) is 66.5 Å². The number of hydrogen-bond donors (Lipinski definition) is 1. The summed E-state index contributed by atoms with van der Waals surface area (Å²) in [6.45, 7) is 5.12. The predicted octanol–water partition coefficient (Wildman–Crippen LogP) is 2.53. The summed E-state index contributed by atoms with van der Waals surface area (Å²) in [5.74, 6) is -0.317. The molecular formula is C18H33ClN2O3S. The molecule has 2 saturated heterocycles. The minimum absolute atomic E-state index is 0. The van der Waals surface area contributed by atoms with Crippen LogP contribution >= 0.6 is 12.4 Å². The van der Waals surface area contributed by atoms with E-state index in [4.69, 9.17) is 0 Å². The lowest BCUT2D eigenvalue weighted by Gasteiger charge is -2.33. The number of halogens is 1. The maximum absolute atomic E-state index is 13.2. The molecule has 1 aliphatic carbocycles. The lowest BCUT2D eigenvalue weighted by atomic mass is 10.0. The second kappa shape index (κ2) is 8.57. The van der Waals surface area contributed by atoms with Crippen LogP contribution in [0, 0.1) is 5.92 Å². The first-order valence-electron chi connectivity index (χ1n) is 9.67. The van der Waals surface area contributed by atoms with Crippen molar-refractivity contribution in [2.75, 3.05) is 13.1 Å². The third kappa shape index (κ3) is 4.51. The van der Waals surface area contributed by atoms with Crippen LogP contribution in [0.1, 0.15) is 65.2 Å². The van der Waals surface area contributed by atoms with Gasteiger partial charge >= 0.3 is 0 Å². The molecule has 3 aliphatic rings. The molecule has 146 valence electrons. The average Bonchev–Trinajstić information content (AvgIpc) is 2.86. The van der Waals surface area contributed by atoms with Crippen molar-refractivity contribution >= 4 is 28.2 Å². The molecule has 3 rings (SSSR count). The Labute approximate surface area is 158 Å². The Morgan fingerprint density at radius 3 is 2.28 bits per heavy atom. The third-order valence-electron chi connectivity index (χ3n) is 6.05. The van der Waals surface area contributed by atoms with E-state index < -0.39 is 15.1 Å². The number of carbonyl (C=O) groups excluding carboxylic acids is 1. The molecule has 0 aromatic carbocycles. The van der Waals surface area contributed by atoms with Crippen LogP contribution < -0.4 is 5.32 Å². The smallest absolute Gasteiger partial charge is 0.241 e. The monoisotopic (exact) mass is 392 g/mol. The SMILES string of the molecule is CC(C)C(C(=O)N1CCC2CCC(C1)N2)S(=O)(=O)C1CCCCC1.Cl. The first-order valence-corrected chi connectivity index (χ1v) is 11.3. The highest BCUT2D eigenvalue weighted by atomic mass is 35.5. The molecule has 2 aliphatic heterocycles. The molecule has 3 fully saturated rings. The quantitative estimate of drug-likeness (QED) is 0.798. The van der Waals surface area contributed by atoms with Gasteiger partial charge in [0, 0.05) is 25.2 Å². The number of fused-ring (bicyclic) bond motifs is 2. The highest BCUT2D eigenvalue weighted by molar-refractivity contribution is 7.93. The van der Waals surface area contributed by atoms with Gasteiger partial charge < -0.3 is 10.2 Å². The molecule has 1 N–H and O–H groups in total. The van der Waals surface area contributed by atoms with Crippen LogP contribution in [-0.2, 0) is 14.6 Å². The molecule has 3 atom stereocenters. The lowest BCUT2D eigenvalue weighted by molar-refractivity contribution is -0.131. The molecular weight excluding hydrogens is 360 g/mol. The summed E-state index contributed by atoms with van der Waals surface area (Å²) in [5, 5.41) is 2.39. The van der Waals surface area contributed by atoms with Crippen molar-refractivity contribution in [2.45, 2.75) is 87.8 Å². The number of carbonyl (C=O) groups is 1. The Hall–Kier alpha value is -0.330. The standard InChI is InChI=1S/C18H32N2O3S.ClH/c1-13(2)17(24(22,23)16-6-4-3-5-7-16)18(21)20-11-10-14-8-9-15(12-20)19-14;/h13-17,19H,3-12H2,1-2H3;1H. The number of rotatable bonds is 4. The van der Waals surface area contributed by atoms with Crippen molar-refractivity contribution in [3.8, 4) is 0 Å². The van der Waals surface area contributed by atoms with Gasteiger partial charge in [-0.05, 0) is 38.0 Å². The van der Waals surface area contributed by atoms with Gasteiger partial charge in [0.05, 0.1) is 5.25 Å². The summed E-state index contributed by atoms with van der Waals surface area (Å²) in [7, 11) is -3.41. The fourth-order valence-corrected chi connectivity index (χ4v) is 7.32. The summed E-state index contributed by atoms with van der Waals surface area (Å²) < 4.78 is 26.4. The average molecular weight is 393 g/mol. The summed E-state index contributed by atoms with van der Waals surface area (Å²) in [4.78, 5) is 15.0. The van der Waals surface area contributed by atoms with Gasteiger partial charge in [-0.2, -0.15) is 0 Å². The summed E-state index contributed by atoms with van der Waals surface area (Å²) in [5.41, 5.74) is 0. The molecule has 0 aromatic heterocycles. The molecule has 1 amide bonds. The Balaban J connectivity index is 0.00000225. The van der Waals surface area contributed by atoms with E-state index in [2.05, 4.69) is 5.32 Å². The van der Waals surface area contributed by atoms with Gasteiger partial charge in [0.2, 0.25) is 5.91 Å². The van der Waals surface area contributed by atoms with Crippen LogP contribution in [0.15, 0.2) is 0 Å². The van der Waals surface area contributed by atoms with E-state index in [0.717, 1.165) is 44.9 Å². The van der Waals surface area contributed by atoms with Crippen molar-refractivity contribution in [3.63, 3.8) is 0 Å². The summed E-state index contributed by atoms with van der Waals surface area (Å²) in [6.07, 6.45) is 7.73. The summed E-state index contributed by atoms with van der Waals surface area (Å²) >= 11 is 0. The van der Waals surface area contributed by atoms with Crippen LogP contribution in [0.5, 0.6) is 0 Å². The molecule has 5 nitrogen and oxygen atoms in total. The third-order valence-corrected chi connectivity index (χ3v) is 8.91. The van der Waals surface area contributed by atoms with Gasteiger partial charge in [-0.3, -0.25) is 4.79 Å². The van der Waals surface area contributed by atoms with Gasteiger partial charge in [-0.15, -0.1) is 12.4 Å². The Kier molecular flexibility index (Phi) is 7.19. The molecule has 2 bridgehead atoms. The van der Waals surface area contributed by atoms with E-state index in [0.29, 0.717) is 25.2 Å². The van der Waals surface area contributed by atoms with Gasteiger partial charge in [-0.1, -0.05) is 33.1 Å². The first kappa shape index (κ1) is 21.0. The van der Waals surface area contributed by atoms with E-state index >= 15 is 0 Å². The second-order valence-electron chi connectivity index (χ2n) is 8.22. The number of amides is 1. The zero-order valence-electron chi connectivity index (χ0n) is 15.4. The largest absolute Gasteiger partial charge is 0.340 e. The van der Waals surface area contributed by atoms with E-state index in [9.17, 15) is 13.2 Å². The van der Waals surface area contributed by atoms with E-state index in [1.807, 2.05) is 18.7 Å². The number of sulfone groups is 1. The predicted molar refractivity (Wildman–Crippen MR) is 103 cm³/mol. The van der Waals surface area contributed by atoms with Crippen molar-refractivity contribution in [1.82, 2.24) is 10.2 Å². The molecule has 1 saturated carbocycles. The Bertz CT molecular complexity index is 561. The molecule has 0 spiro atoms. The highest BCUT2D eigenvalue weighted by Crippen LogP contribution is 2.30. The minimum Gasteiger partial charge on any atom is -0.340 e. The van der Waals surface area contributed by atoms with Crippen molar-refractivity contribution in [3.05, 3.63) is 0 Å². The van der Waals surface area contributed by atoms with E-state index in [1.165, 1.54) is 6.42 Å². The van der Waals surface area contributed by atoms with Gasteiger partial charge in [0.1, 0.15) is 5.25 Å². The van der Waals surface area contributed by atoms with Gasteiger partial charge in [-0.25, -0.2) is 8.42 Å². The van der Waals surface area contributed by atoms with Crippen molar-refractivity contribution in [2.24, 2.45) is 5.92 Å². The van der Waals surface area contributed by atoms with E-state index in [1.54, 1.807) is 0 Å². The zero-order chi connectivity index (χ0) is 17.3. The highest BCUT2D eigenvalue weighted by Gasteiger charge is 2.44.